The van der Waals surface area contributed by atoms with Crippen LogP contribution in [0.2, 0.25) is 0 Å². The number of hydrogen-bond donors (Lipinski definition) is 1. The van der Waals surface area contributed by atoms with Crippen LogP contribution in [0.15, 0.2) is 83.5 Å². The molecule has 0 radical (unpaired) electrons. The van der Waals surface area contributed by atoms with Crippen LogP contribution in [0.1, 0.15) is 20.8 Å². The fraction of sp³-hybridized carbons (Fsp3) is 0.107. The second kappa shape index (κ2) is 11.1. The Morgan fingerprint density at radius 1 is 1.13 bits per heavy atom. The van der Waals surface area contributed by atoms with E-state index in [1.54, 1.807) is 24.4 Å². The van der Waals surface area contributed by atoms with Crippen molar-refractivity contribution >= 4 is 23.7 Å². The molecule has 8 nitrogen and oxygen atoms in total. The molecule has 5 rings (SSSR count). The lowest BCUT2D eigenvalue weighted by Crippen LogP contribution is -2.38. The molecular formula is C28H21FN4O4S. The van der Waals surface area contributed by atoms with Gasteiger partial charge >= 0.3 is 0 Å². The van der Waals surface area contributed by atoms with Gasteiger partial charge in [-0.15, -0.1) is 11.3 Å². The third-order valence-electron chi connectivity index (χ3n) is 5.68. The monoisotopic (exact) mass is 528 g/mol. The van der Waals surface area contributed by atoms with Gasteiger partial charge in [0.05, 0.1) is 21.0 Å². The number of carbonyl (C=O) groups is 2. The number of ether oxygens (including phenoxy) is 1. The number of benzene rings is 2. The first kappa shape index (κ1) is 25.0. The summed E-state index contributed by atoms with van der Waals surface area (Å²) in [6, 6.07) is 21.0. The van der Waals surface area contributed by atoms with Crippen molar-refractivity contribution in [1.29, 1.82) is 0 Å². The molecule has 0 fully saturated rings. The molecule has 1 atom stereocenters. The standard InChI is InChI=1S/C28H21FN4O4S/c1-17-5-8-19(9-6-17)28-32-26(33-37-28)20-10-7-18(14-21(20)29)15-25(36-16-34)31-27(35)24-12-11-23(38-24)22-4-2-3-13-30-22/h2-14,16,25H,15H2,1H3,(H,31,35). The topological polar surface area (TPSA) is 107 Å². The van der Waals surface area contributed by atoms with Gasteiger partial charge in [-0.25, -0.2) is 4.39 Å². The van der Waals surface area contributed by atoms with Gasteiger partial charge in [0.1, 0.15) is 5.82 Å². The summed E-state index contributed by atoms with van der Waals surface area (Å²) in [4.78, 5) is 33.7. The van der Waals surface area contributed by atoms with Gasteiger partial charge in [0.25, 0.3) is 18.3 Å². The van der Waals surface area contributed by atoms with E-state index in [2.05, 4.69) is 20.4 Å². The molecule has 5 aromatic rings. The Labute approximate surface area is 221 Å². The van der Waals surface area contributed by atoms with Crippen molar-refractivity contribution in [2.75, 3.05) is 0 Å². The first-order valence-electron chi connectivity index (χ1n) is 11.6. The second-order valence-corrected chi connectivity index (χ2v) is 9.46. The maximum atomic E-state index is 15.0. The molecule has 10 heteroatoms. The lowest BCUT2D eigenvalue weighted by Gasteiger charge is -2.17. The Balaban J connectivity index is 1.28. The maximum Gasteiger partial charge on any atom is 0.295 e. The largest absolute Gasteiger partial charge is 0.444 e. The van der Waals surface area contributed by atoms with E-state index in [4.69, 9.17) is 9.26 Å². The Hall–Kier alpha value is -4.70. The molecule has 0 saturated heterocycles. The molecule has 0 aliphatic rings. The van der Waals surface area contributed by atoms with Crippen LogP contribution in [0.4, 0.5) is 4.39 Å². The van der Waals surface area contributed by atoms with E-state index < -0.39 is 18.0 Å². The van der Waals surface area contributed by atoms with E-state index in [1.807, 2.05) is 49.4 Å². The fourth-order valence-corrected chi connectivity index (χ4v) is 4.64. The first-order chi connectivity index (χ1) is 18.5. The SMILES string of the molecule is Cc1ccc(-c2nc(-c3ccc(CC(NC(=O)c4ccc(-c5ccccn5)s4)OC=O)cc3F)no2)cc1. The molecule has 3 aromatic heterocycles. The number of rotatable bonds is 9. The third-order valence-corrected chi connectivity index (χ3v) is 6.79. The second-order valence-electron chi connectivity index (χ2n) is 8.38. The van der Waals surface area contributed by atoms with Crippen LogP contribution in [0.3, 0.4) is 0 Å². The summed E-state index contributed by atoms with van der Waals surface area (Å²) in [6.07, 6.45) is 0.736. The van der Waals surface area contributed by atoms with Gasteiger partial charge in [0, 0.05) is 18.2 Å². The van der Waals surface area contributed by atoms with E-state index >= 15 is 4.39 Å². The van der Waals surface area contributed by atoms with Crippen molar-refractivity contribution < 1.29 is 23.2 Å². The number of pyridine rings is 1. The van der Waals surface area contributed by atoms with Gasteiger partial charge < -0.3 is 14.6 Å². The number of aromatic nitrogens is 3. The van der Waals surface area contributed by atoms with Crippen LogP contribution in [0.5, 0.6) is 0 Å². The molecule has 38 heavy (non-hydrogen) atoms. The summed E-state index contributed by atoms with van der Waals surface area (Å²) in [6.45, 7) is 2.22. The molecule has 0 spiro atoms. The highest BCUT2D eigenvalue weighted by Crippen LogP contribution is 2.27. The average Bonchev–Trinajstić information content (AvgIpc) is 3.61. The van der Waals surface area contributed by atoms with Crippen molar-refractivity contribution in [3.05, 3.63) is 101 Å². The normalized spacial score (nSPS) is 11.6. The van der Waals surface area contributed by atoms with Crippen LogP contribution in [-0.4, -0.2) is 33.7 Å². The quantitative estimate of drug-likeness (QED) is 0.200. The minimum absolute atomic E-state index is 0.0566. The van der Waals surface area contributed by atoms with Crippen molar-refractivity contribution in [3.63, 3.8) is 0 Å². The minimum atomic E-state index is -0.996. The average molecular weight is 529 g/mol. The molecule has 3 heterocycles. The van der Waals surface area contributed by atoms with Crippen LogP contribution >= 0.6 is 11.3 Å². The van der Waals surface area contributed by atoms with Gasteiger partial charge in [0.15, 0.2) is 6.23 Å². The number of halogens is 1. The summed E-state index contributed by atoms with van der Waals surface area (Å²) in [5, 5.41) is 6.58. The van der Waals surface area contributed by atoms with E-state index in [1.165, 1.54) is 23.5 Å². The van der Waals surface area contributed by atoms with Crippen molar-refractivity contribution in [3.8, 4) is 33.4 Å². The van der Waals surface area contributed by atoms with Gasteiger partial charge in [-0.05, 0) is 61.0 Å². The zero-order chi connectivity index (χ0) is 26.5. The Morgan fingerprint density at radius 2 is 1.97 bits per heavy atom. The van der Waals surface area contributed by atoms with E-state index in [0.717, 1.165) is 21.7 Å². The highest BCUT2D eigenvalue weighted by Gasteiger charge is 2.20. The number of thiophene rings is 1. The number of amides is 1. The number of hydrogen-bond acceptors (Lipinski definition) is 8. The molecule has 0 aliphatic heterocycles. The van der Waals surface area contributed by atoms with Gasteiger partial charge in [-0.1, -0.05) is 35.0 Å². The van der Waals surface area contributed by atoms with Crippen LogP contribution in [-0.2, 0) is 16.0 Å². The highest BCUT2D eigenvalue weighted by molar-refractivity contribution is 7.17. The lowest BCUT2D eigenvalue weighted by atomic mass is 10.1. The number of nitrogens with zero attached hydrogens (tertiary/aromatic N) is 3. The highest BCUT2D eigenvalue weighted by atomic mass is 32.1. The Bertz CT molecular complexity index is 1570. The Kier molecular flexibility index (Phi) is 7.32. The molecular weight excluding hydrogens is 507 g/mol. The van der Waals surface area contributed by atoms with Gasteiger partial charge in [-0.2, -0.15) is 4.98 Å². The van der Waals surface area contributed by atoms with Crippen molar-refractivity contribution in [1.82, 2.24) is 20.4 Å². The zero-order valence-electron chi connectivity index (χ0n) is 20.1. The minimum Gasteiger partial charge on any atom is -0.444 e. The number of carbonyl (C=O) groups excluding carboxylic acids is 2. The van der Waals surface area contributed by atoms with E-state index in [-0.39, 0.29) is 30.2 Å². The zero-order valence-corrected chi connectivity index (χ0v) is 20.9. The lowest BCUT2D eigenvalue weighted by molar-refractivity contribution is -0.134. The molecule has 0 saturated carbocycles. The van der Waals surface area contributed by atoms with Gasteiger partial charge in [0.2, 0.25) is 5.82 Å². The van der Waals surface area contributed by atoms with Crippen LogP contribution in [0.25, 0.3) is 33.4 Å². The number of aryl methyl sites for hydroxylation is 1. The van der Waals surface area contributed by atoms with E-state index in [0.29, 0.717) is 10.4 Å². The number of nitrogens with one attached hydrogen (secondary N) is 1. The maximum absolute atomic E-state index is 15.0. The van der Waals surface area contributed by atoms with Crippen molar-refractivity contribution in [2.24, 2.45) is 0 Å². The van der Waals surface area contributed by atoms with Gasteiger partial charge in [-0.3, -0.25) is 14.6 Å². The summed E-state index contributed by atoms with van der Waals surface area (Å²) in [5.74, 6) is -0.602. The fourth-order valence-electron chi connectivity index (χ4n) is 3.75. The summed E-state index contributed by atoms with van der Waals surface area (Å²) in [5.41, 5.74) is 3.23. The molecule has 0 aliphatic carbocycles. The first-order valence-corrected chi connectivity index (χ1v) is 12.4. The molecule has 2 aromatic carbocycles. The van der Waals surface area contributed by atoms with Crippen LogP contribution in [0, 0.1) is 12.7 Å². The van der Waals surface area contributed by atoms with E-state index in [9.17, 15) is 9.59 Å². The molecule has 190 valence electrons. The summed E-state index contributed by atoms with van der Waals surface area (Å²) >= 11 is 1.26. The predicted octanol–water partition coefficient (Wildman–Crippen LogP) is 5.45. The van der Waals surface area contributed by atoms with Crippen molar-refractivity contribution in [2.45, 2.75) is 19.6 Å². The molecule has 1 unspecified atom stereocenters. The third kappa shape index (κ3) is 5.65. The summed E-state index contributed by atoms with van der Waals surface area (Å²) < 4.78 is 25.4. The predicted molar refractivity (Wildman–Crippen MR) is 140 cm³/mol. The molecule has 1 N–H and O–H groups in total. The smallest absolute Gasteiger partial charge is 0.295 e. The Morgan fingerprint density at radius 3 is 2.71 bits per heavy atom. The van der Waals surface area contributed by atoms with Crippen LogP contribution < -0.4 is 5.32 Å². The molecule has 0 bridgehead atoms. The molecule has 1 amide bonds. The summed E-state index contributed by atoms with van der Waals surface area (Å²) in [7, 11) is 0.